The molecule has 0 aromatic carbocycles. The number of rotatable bonds is 6. The molecule has 0 saturated carbocycles. The summed E-state index contributed by atoms with van der Waals surface area (Å²) in [6, 6.07) is 2.17. The second-order valence-corrected chi connectivity index (χ2v) is 4.28. The number of hydrogen-bond acceptors (Lipinski definition) is 2. The van der Waals surface area contributed by atoms with Crippen LogP contribution in [0.25, 0.3) is 0 Å². The van der Waals surface area contributed by atoms with Crippen LogP contribution in [-0.2, 0) is 6.54 Å². The number of halogens is 3. The van der Waals surface area contributed by atoms with Crippen LogP contribution in [0.15, 0.2) is 12.3 Å². The van der Waals surface area contributed by atoms with Crippen LogP contribution in [0, 0.1) is 0 Å². The van der Waals surface area contributed by atoms with E-state index in [1.165, 1.54) is 0 Å². The molecule has 0 aliphatic carbocycles. The molecule has 0 spiro atoms. The van der Waals surface area contributed by atoms with Crippen LogP contribution < -0.4 is 5.32 Å². The molecule has 0 radical (unpaired) electrons. The van der Waals surface area contributed by atoms with Crippen LogP contribution in [0.1, 0.15) is 38.4 Å². The van der Waals surface area contributed by atoms with Gasteiger partial charge in [-0.1, -0.05) is 0 Å². The first-order chi connectivity index (χ1) is 7.88. The van der Waals surface area contributed by atoms with Gasteiger partial charge in [0, 0.05) is 25.2 Å². The first-order valence-corrected chi connectivity index (χ1v) is 5.70. The van der Waals surface area contributed by atoms with Crippen molar-refractivity contribution in [2.24, 2.45) is 0 Å². The predicted octanol–water partition coefficient (Wildman–Crippen LogP) is 2.90. The van der Waals surface area contributed by atoms with Crippen molar-refractivity contribution in [2.75, 3.05) is 6.54 Å². The fourth-order valence-electron chi connectivity index (χ4n) is 1.39. The lowest BCUT2D eigenvalue weighted by molar-refractivity contribution is -0.135. The molecule has 1 N–H and O–H groups in total. The number of nitrogens with one attached hydrogen (secondary N) is 1. The van der Waals surface area contributed by atoms with Gasteiger partial charge in [0.1, 0.15) is 0 Å². The Hall–Kier alpha value is -1.04. The van der Waals surface area contributed by atoms with Gasteiger partial charge in [0.15, 0.2) is 0 Å². The summed E-state index contributed by atoms with van der Waals surface area (Å²) in [5, 5.41) is 7.24. The van der Waals surface area contributed by atoms with Gasteiger partial charge in [-0.2, -0.15) is 18.3 Å². The van der Waals surface area contributed by atoms with Gasteiger partial charge in [0.05, 0.1) is 5.69 Å². The molecule has 0 saturated heterocycles. The van der Waals surface area contributed by atoms with E-state index >= 15 is 0 Å². The second-order valence-electron chi connectivity index (χ2n) is 4.28. The Morgan fingerprint density at radius 1 is 1.41 bits per heavy atom. The van der Waals surface area contributed by atoms with Crippen LogP contribution in [-0.4, -0.2) is 22.5 Å². The highest BCUT2D eigenvalue weighted by Crippen LogP contribution is 2.20. The van der Waals surface area contributed by atoms with Crippen LogP contribution in [0.4, 0.5) is 13.2 Å². The molecular weight excluding hydrogens is 231 g/mol. The third kappa shape index (κ3) is 5.72. The predicted molar refractivity (Wildman–Crippen MR) is 59.6 cm³/mol. The van der Waals surface area contributed by atoms with Crippen LogP contribution >= 0.6 is 0 Å². The van der Waals surface area contributed by atoms with E-state index in [2.05, 4.69) is 10.4 Å². The topological polar surface area (TPSA) is 29.9 Å². The highest BCUT2D eigenvalue weighted by Gasteiger charge is 2.25. The van der Waals surface area contributed by atoms with E-state index in [1.54, 1.807) is 0 Å². The molecule has 0 aliphatic rings. The minimum Gasteiger partial charge on any atom is -0.311 e. The molecule has 0 bridgehead atoms. The van der Waals surface area contributed by atoms with Crippen molar-refractivity contribution in [3.05, 3.63) is 18.0 Å². The Balaban J connectivity index is 2.18. The zero-order valence-corrected chi connectivity index (χ0v) is 10.1. The molecule has 98 valence electrons. The van der Waals surface area contributed by atoms with Gasteiger partial charge in [0.25, 0.3) is 0 Å². The summed E-state index contributed by atoms with van der Waals surface area (Å²) in [6.45, 7) is 4.91. The van der Waals surface area contributed by atoms with E-state index in [4.69, 9.17) is 0 Å². The normalized spacial score (nSPS) is 12.4. The molecule has 3 nitrogen and oxygen atoms in total. The summed E-state index contributed by atoms with van der Waals surface area (Å²) in [4.78, 5) is 0. The third-order valence-electron chi connectivity index (χ3n) is 2.31. The van der Waals surface area contributed by atoms with Crippen molar-refractivity contribution in [2.45, 2.75) is 45.5 Å². The summed E-state index contributed by atoms with van der Waals surface area (Å²) < 4.78 is 37.4. The molecule has 17 heavy (non-hydrogen) atoms. The third-order valence-corrected chi connectivity index (χ3v) is 2.31. The van der Waals surface area contributed by atoms with Crippen molar-refractivity contribution >= 4 is 0 Å². The zero-order valence-electron chi connectivity index (χ0n) is 10.1. The Kier molecular flexibility index (Phi) is 4.99. The molecule has 1 aromatic rings. The Morgan fingerprint density at radius 3 is 2.65 bits per heavy atom. The monoisotopic (exact) mass is 249 g/mol. The standard InChI is InChI=1S/C11H18F3N3/c1-9(2)17-7-4-10(16-17)8-15-6-3-5-11(12,13)14/h4,7,9,15H,3,5-6,8H2,1-2H3. The molecule has 6 heteroatoms. The van der Waals surface area contributed by atoms with Crippen molar-refractivity contribution in [1.82, 2.24) is 15.1 Å². The molecule has 0 atom stereocenters. The highest BCUT2D eigenvalue weighted by molar-refractivity contribution is 4.98. The summed E-state index contributed by atoms with van der Waals surface area (Å²) in [7, 11) is 0. The molecule has 0 aliphatic heterocycles. The SMILES string of the molecule is CC(C)n1ccc(CNCCCC(F)(F)F)n1. The van der Waals surface area contributed by atoms with Crippen LogP contribution in [0.2, 0.25) is 0 Å². The van der Waals surface area contributed by atoms with Gasteiger partial charge in [-0.3, -0.25) is 4.68 Å². The molecular formula is C11H18F3N3. The number of aromatic nitrogens is 2. The van der Waals surface area contributed by atoms with Crippen LogP contribution in [0.5, 0.6) is 0 Å². The zero-order chi connectivity index (χ0) is 12.9. The molecule has 0 unspecified atom stereocenters. The van der Waals surface area contributed by atoms with E-state index in [-0.39, 0.29) is 6.42 Å². The summed E-state index contributed by atoms with van der Waals surface area (Å²) in [5.74, 6) is 0. The molecule has 1 rings (SSSR count). The minimum atomic E-state index is -4.05. The van der Waals surface area contributed by atoms with Crippen molar-refractivity contribution in [3.63, 3.8) is 0 Å². The van der Waals surface area contributed by atoms with E-state index in [1.807, 2.05) is 30.8 Å². The number of nitrogens with zero attached hydrogens (tertiary/aromatic N) is 2. The van der Waals surface area contributed by atoms with Gasteiger partial charge in [-0.05, 0) is 32.9 Å². The highest BCUT2D eigenvalue weighted by atomic mass is 19.4. The van der Waals surface area contributed by atoms with Gasteiger partial charge < -0.3 is 5.32 Å². The first kappa shape index (κ1) is 14.0. The summed E-state index contributed by atoms with van der Waals surface area (Å²) in [6.07, 6.45) is -2.81. The van der Waals surface area contributed by atoms with Crippen molar-refractivity contribution < 1.29 is 13.2 Å². The second kappa shape index (κ2) is 6.05. The quantitative estimate of drug-likeness (QED) is 0.786. The maximum absolute atomic E-state index is 11.9. The maximum Gasteiger partial charge on any atom is 0.389 e. The van der Waals surface area contributed by atoms with Crippen LogP contribution in [0.3, 0.4) is 0 Å². The van der Waals surface area contributed by atoms with E-state index < -0.39 is 12.6 Å². The van der Waals surface area contributed by atoms with E-state index in [0.29, 0.717) is 19.1 Å². The van der Waals surface area contributed by atoms with E-state index in [0.717, 1.165) is 5.69 Å². The van der Waals surface area contributed by atoms with Gasteiger partial charge in [-0.15, -0.1) is 0 Å². The maximum atomic E-state index is 11.9. The largest absolute Gasteiger partial charge is 0.389 e. The number of hydrogen-bond donors (Lipinski definition) is 1. The first-order valence-electron chi connectivity index (χ1n) is 5.70. The Bertz CT molecular complexity index is 331. The lowest BCUT2D eigenvalue weighted by Crippen LogP contribution is -2.18. The summed E-state index contributed by atoms with van der Waals surface area (Å²) in [5.41, 5.74) is 0.853. The van der Waals surface area contributed by atoms with Crippen molar-refractivity contribution in [1.29, 1.82) is 0 Å². The summed E-state index contributed by atoms with van der Waals surface area (Å²) >= 11 is 0. The fraction of sp³-hybridized carbons (Fsp3) is 0.727. The molecule has 0 amide bonds. The Morgan fingerprint density at radius 2 is 2.12 bits per heavy atom. The Labute approximate surface area is 99.0 Å². The fourth-order valence-corrected chi connectivity index (χ4v) is 1.39. The van der Waals surface area contributed by atoms with Crippen molar-refractivity contribution in [3.8, 4) is 0 Å². The average Bonchev–Trinajstić information content (AvgIpc) is 2.64. The average molecular weight is 249 g/mol. The lowest BCUT2D eigenvalue weighted by atomic mass is 10.3. The molecule has 1 heterocycles. The molecule has 1 aromatic heterocycles. The van der Waals surface area contributed by atoms with E-state index in [9.17, 15) is 13.2 Å². The molecule has 0 fully saturated rings. The van der Waals surface area contributed by atoms with Gasteiger partial charge in [0.2, 0.25) is 0 Å². The smallest absolute Gasteiger partial charge is 0.311 e. The minimum absolute atomic E-state index is 0.106. The van der Waals surface area contributed by atoms with Gasteiger partial charge in [-0.25, -0.2) is 0 Å². The lowest BCUT2D eigenvalue weighted by Gasteiger charge is -2.06. The van der Waals surface area contributed by atoms with Gasteiger partial charge >= 0.3 is 6.18 Å². The number of alkyl halides is 3.